The molecule has 1 N–H and O–H groups in total. The Labute approximate surface area is 199 Å². The zero-order valence-electron chi connectivity index (χ0n) is 18.8. The highest BCUT2D eigenvalue weighted by Crippen LogP contribution is 2.29. The number of thiazole rings is 1. The Morgan fingerprint density at radius 2 is 1.97 bits per heavy atom. The minimum atomic E-state index is -0.555. The highest BCUT2D eigenvalue weighted by molar-refractivity contribution is 7.22. The Balaban J connectivity index is 1.72. The number of carbonyl (C=O) groups is 1. The zero-order valence-corrected chi connectivity index (χ0v) is 20.3. The van der Waals surface area contributed by atoms with E-state index in [1.165, 1.54) is 34.0 Å². The summed E-state index contributed by atoms with van der Waals surface area (Å²) in [5.41, 5.74) is -0.208. The number of hydrogen-bond donors (Lipinski definition) is 1. The summed E-state index contributed by atoms with van der Waals surface area (Å²) in [5, 5.41) is 3.81. The van der Waals surface area contributed by atoms with Crippen LogP contribution >= 0.6 is 22.9 Å². The van der Waals surface area contributed by atoms with Gasteiger partial charge < -0.3 is 15.0 Å². The molecular weight excluding hydrogens is 466 g/mol. The molecule has 9 nitrogen and oxygen atoms in total. The lowest BCUT2D eigenvalue weighted by Gasteiger charge is -2.25. The van der Waals surface area contributed by atoms with Crippen LogP contribution in [0, 0.1) is 0 Å². The number of aromatic nitrogens is 3. The second-order valence-corrected chi connectivity index (χ2v) is 9.62. The quantitative estimate of drug-likeness (QED) is 0.566. The van der Waals surface area contributed by atoms with E-state index in [1.54, 1.807) is 32.0 Å². The van der Waals surface area contributed by atoms with Gasteiger partial charge in [-0.25, -0.2) is 9.78 Å². The molecule has 0 saturated carbocycles. The third-order valence-corrected chi connectivity index (χ3v) is 6.97. The summed E-state index contributed by atoms with van der Waals surface area (Å²) in [7, 11) is 1.51. The first-order chi connectivity index (χ1) is 15.8. The number of anilines is 2. The third-order valence-electron chi connectivity index (χ3n) is 5.58. The number of halogens is 1. The number of benzene rings is 1. The molecule has 0 unspecified atom stereocenters. The summed E-state index contributed by atoms with van der Waals surface area (Å²) in [6, 6.07) is 4.52. The monoisotopic (exact) mass is 491 g/mol. The summed E-state index contributed by atoms with van der Waals surface area (Å²) >= 11 is 7.42. The van der Waals surface area contributed by atoms with E-state index in [9.17, 15) is 14.4 Å². The maximum Gasteiger partial charge on any atom is 0.333 e. The average Bonchev–Trinajstić information content (AvgIpc) is 3.23. The van der Waals surface area contributed by atoms with E-state index in [1.807, 2.05) is 0 Å². The molecule has 11 heteroatoms. The van der Waals surface area contributed by atoms with Crippen molar-refractivity contribution in [2.75, 3.05) is 30.4 Å². The van der Waals surface area contributed by atoms with Crippen molar-refractivity contribution >= 4 is 50.0 Å². The van der Waals surface area contributed by atoms with Crippen LogP contribution in [-0.4, -0.2) is 40.2 Å². The van der Waals surface area contributed by atoms with E-state index in [4.69, 9.17) is 16.3 Å². The number of fused-ring (bicyclic) bond motifs is 1. The number of rotatable bonds is 6. The van der Waals surface area contributed by atoms with Crippen LogP contribution in [0.3, 0.4) is 0 Å². The number of amides is 1. The molecule has 2 aromatic heterocycles. The minimum absolute atomic E-state index is 0.246. The lowest BCUT2D eigenvalue weighted by atomic mass is 10.1. The van der Waals surface area contributed by atoms with Crippen molar-refractivity contribution in [3.8, 4) is 5.75 Å². The second kappa shape index (κ2) is 9.56. The predicted molar refractivity (Wildman–Crippen MR) is 131 cm³/mol. The molecule has 1 aliphatic rings. The molecule has 176 valence electrons. The van der Waals surface area contributed by atoms with Crippen molar-refractivity contribution in [2.24, 2.45) is 0 Å². The Bertz CT molecular complexity index is 1310. The van der Waals surface area contributed by atoms with Gasteiger partial charge in [0, 0.05) is 24.8 Å². The first kappa shape index (κ1) is 23.3. The van der Waals surface area contributed by atoms with Gasteiger partial charge in [-0.2, -0.15) is 0 Å². The molecule has 0 aliphatic carbocycles. The van der Waals surface area contributed by atoms with E-state index in [2.05, 4.69) is 15.2 Å². The van der Waals surface area contributed by atoms with Crippen LogP contribution in [0.5, 0.6) is 5.75 Å². The summed E-state index contributed by atoms with van der Waals surface area (Å²) in [5.74, 6) is 0.0606. The Morgan fingerprint density at radius 3 is 2.61 bits per heavy atom. The number of piperidine rings is 1. The maximum absolute atomic E-state index is 13.2. The molecule has 1 fully saturated rings. The number of ether oxygens (including phenoxy) is 1. The summed E-state index contributed by atoms with van der Waals surface area (Å²) in [6.07, 6.45) is 3.29. The first-order valence-electron chi connectivity index (χ1n) is 10.8. The molecule has 33 heavy (non-hydrogen) atoms. The normalized spacial score (nSPS) is 14.2. The van der Waals surface area contributed by atoms with Gasteiger partial charge in [-0.3, -0.25) is 18.7 Å². The van der Waals surface area contributed by atoms with Gasteiger partial charge in [-0.1, -0.05) is 22.9 Å². The van der Waals surface area contributed by atoms with E-state index in [-0.39, 0.29) is 23.8 Å². The van der Waals surface area contributed by atoms with Crippen LogP contribution in [0.2, 0.25) is 5.02 Å². The molecule has 3 heterocycles. The molecule has 0 bridgehead atoms. The summed E-state index contributed by atoms with van der Waals surface area (Å²) < 4.78 is 7.97. The minimum Gasteiger partial charge on any atom is -0.495 e. The largest absolute Gasteiger partial charge is 0.495 e. The summed E-state index contributed by atoms with van der Waals surface area (Å²) in [4.78, 5) is 45.9. The van der Waals surface area contributed by atoms with E-state index >= 15 is 0 Å². The number of nitrogens with zero attached hydrogens (tertiary/aromatic N) is 4. The van der Waals surface area contributed by atoms with Gasteiger partial charge in [0.05, 0.1) is 12.1 Å². The SMILES string of the molecule is COc1ccc(NC(=O)Cn2c(=O)n(C(C)C)c(=O)c3sc(N4CCCCC4)nc32)cc1Cl. The Kier molecular flexibility index (Phi) is 6.76. The van der Waals surface area contributed by atoms with Gasteiger partial charge >= 0.3 is 5.69 Å². The van der Waals surface area contributed by atoms with E-state index in [0.29, 0.717) is 26.3 Å². The fourth-order valence-corrected chi connectivity index (χ4v) is 5.26. The van der Waals surface area contributed by atoms with Gasteiger partial charge in [0.15, 0.2) is 10.8 Å². The number of hydrogen-bond acceptors (Lipinski definition) is 7. The number of methoxy groups -OCH3 is 1. The van der Waals surface area contributed by atoms with Crippen molar-refractivity contribution in [2.45, 2.75) is 45.7 Å². The van der Waals surface area contributed by atoms with Crippen molar-refractivity contribution in [3.63, 3.8) is 0 Å². The molecule has 0 spiro atoms. The molecular formula is C22H26ClN5O4S. The molecule has 0 atom stereocenters. The van der Waals surface area contributed by atoms with Gasteiger partial charge in [0.1, 0.15) is 17.0 Å². The van der Waals surface area contributed by atoms with Crippen LogP contribution in [0.25, 0.3) is 10.3 Å². The van der Waals surface area contributed by atoms with Crippen LogP contribution in [0.1, 0.15) is 39.2 Å². The lowest BCUT2D eigenvalue weighted by Crippen LogP contribution is -2.42. The van der Waals surface area contributed by atoms with Crippen molar-refractivity contribution in [3.05, 3.63) is 44.1 Å². The zero-order chi connectivity index (χ0) is 23.7. The van der Waals surface area contributed by atoms with Gasteiger partial charge in [-0.05, 0) is 51.3 Å². The smallest absolute Gasteiger partial charge is 0.333 e. The first-order valence-corrected chi connectivity index (χ1v) is 12.0. The van der Waals surface area contributed by atoms with Crippen LogP contribution in [0.15, 0.2) is 27.8 Å². The lowest BCUT2D eigenvalue weighted by molar-refractivity contribution is -0.116. The standard InChI is InChI=1S/C22H26ClN5O4S/c1-13(2)28-20(30)18-19(25-21(33-18)26-9-5-4-6-10-26)27(22(28)31)12-17(29)24-14-7-8-16(32-3)15(23)11-14/h7-8,11,13H,4-6,9-10,12H2,1-3H3,(H,24,29). The van der Waals surface area contributed by atoms with Gasteiger partial charge in [0.25, 0.3) is 5.56 Å². The molecule has 4 rings (SSSR count). The highest BCUT2D eigenvalue weighted by atomic mass is 35.5. The molecule has 1 saturated heterocycles. The van der Waals surface area contributed by atoms with Crippen LogP contribution in [-0.2, 0) is 11.3 Å². The van der Waals surface area contributed by atoms with Crippen LogP contribution < -0.4 is 26.2 Å². The molecule has 3 aromatic rings. The summed E-state index contributed by atoms with van der Waals surface area (Å²) in [6.45, 7) is 4.98. The van der Waals surface area contributed by atoms with Gasteiger partial charge in [-0.15, -0.1) is 0 Å². The van der Waals surface area contributed by atoms with E-state index in [0.717, 1.165) is 25.9 Å². The van der Waals surface area contributed by atoms with E-state index < -0.39 is 11.6 Å². The fourth-order valence-electron chi connectivity index (χ4n) is 3.95. The number of carbonyl (C=O) groups excluding carboxylic acids is 1. The van der Waals surface area contributed by atoms with Crippen molar-refractivity contribution < 1.29 is 9.53 Å². The molecule has 1 amide bonds. The number of nitrogens with one attached hydrogen (secondary N) is 1. The highest BCUT2D eigenvalue weighted by Gasteiger charge is 2.23. The molecule has 1 aromatic carbocycles. The second-order valence-electron chi connectivity index (χ2n) is 8.23. The van der Waals surface area contributed by atoms with Crippen molar-refractivity contribution in [1.82, 2.24) is 14.1 Å². The Morgan fingerprint density at radius 1 is 1.24 bits per heavy atom. The fraction of sp³-hybridized carbons (Fsp3) is 0.455. The molecule has 0 radical (unpaired) electrons. The van der Waals surface area contributed by atoms with Crippen molar-refractivity contribution in [1.29, 1.82) is 0 Å². The predicted octanol–water partition coefficient (Wildman–Crippen LogP) is 3.49. The topological polar surface area (TPSA) is 98.5 Å². The molecule has 1 aliphatic heterocycles. The average molecular weight is 492 g/mol. The third kappa shape index (κ3) is 4.63. The Hall–Kier alpha value is -2.85. The van der Waals surface area contributed by atoms with Gasteiger partial charge in [0.2, 0.25) is 5.91 Å². The maximum atomic E-state index is 13.2. The van der Waals surface area contributed by atoms with Crippen LogP contribution in [0.4, 0.5) is 10.8 Å².